The number of carbonyl (C=O) groups excluding carboxylic acids is 4. The molecule has 34 heavy (non-hydrogen) atoms. The predicted octanol–water partition coefficient (Wildman–Crippen LogP) is -1.61. The molecule has 4 atom stereocenters. The first-order valence-corrected chi connectivity index (χ1v) is 12.1. The average molecular weight is 506 g/mol. The minimum Gasteiger partial charge on any atom is -0.481 e. The molecular weight excluding hydrogens is 470 g/mol. The maximum atomic E-state index is 12.9. The van der Waals surface area contributed by atoms with E-state index >= 15 is 0 Å². The van der Waals surface area contributed by atoms with Gasteiger partial charge in [-0.3, -0.25) is 24.0 Å². The van der Waals surface area contributed by atoms with E-state index in [1.54, 1.807) is 20.1 Å². The van der Waals surface area contributed by atoms with Crippen LogP contribution in [-0.4, -0.2) is 82.0 Å². The fourth-order valence-corrected chi connectivity index (χ4v) is 3.17. The number of hydrogen-bond acceptors (Lipinski definition) is 8. The molecule has 9 N–H and O–H groups in total. The van der Waals surface area contributed by atoms with Crippen LogP contribution >= 0.6 is 11.8 Å². The van der Waals surface area contributed by atoms with Crippen LogP contribution in [0.5, 0.6) is 0 Å². The summed E-state index contributed by atoms with van der Waals surface area (Å²) in [6.07, 6.45) is 0.628. The van der Waals surface area contributed by atoms with Crippen LogP contribution in [0.2, 0.25) is 0 Å². The van der Waals surface area contributed by atoms with Crippen molar-refractivity contribution < 1.29 is 39.0 Å². The number of hydrogen-bond donors (Lipinski definition) is 7. The molecule has 0 bridgehead atoms. The molecule has 0 radical (unpaired) electrons. The molecule has 0 aliphatic heterocycles. The molecule has 0 heterocycles. The normalized spacial score (nSPS) is 14.4. The number of carboxylic acids is 2. The summed E-state index contributed by atoms with van der Waals surface area (Å²) in [6, 6.07) is -4.86. The van der Waals surface area contributed by atoms with Gasteiger partial charge in [-0.05, 0) is 37.2 Å². The first-order chi connectivity index (χ1) is 15.8. The summed E-state index contributed by atoms with van der Waals surface area (Å²) >= 11 is 1.38. The van der Waals surface area contributed by atoms with Crippen LogP contribution in [0.3, 0.4) is 0 Å². The smallest absolute Gasteiger partial charge is 0.326 e. The summed E-state index contributed by atoms with van der Waals surface area (Å²) in [4.78, 5) is 71.6. The van der Waals surface area contributed by atoms with Crippen LogP contribution in [0.4, 0.5) is 0 Å². The van der Waals surface area contributed by atoms with E-state index in [0.717, 1.165) is 0 Å². The molecule has 0 saturated heterocycles. The van der Waals surface area contributed by atoms with E-state index in [1.807, 2.05) is 0 Å². The molecule has 0 aromatic rings. The highest BCUT2D eigenvalue weighted by Gasteiger charge is 2.31. The lowest BCUT2D eigenvalue weighted by molar-refractivity contribution is -0.143. The van der Waals surface area contributed by atoms with Crippen molar-refractivity contribution in [1.29, 1.82) is 0 Å². The van der Waals surface area contributed by atoms with E-state index < -0.39 is 66.2 Å². The number of nitrogens with one attached hydrogen (secondary N) is 3. The van der Waals surface area contributed by atoms with Gasteiger partial charge in [-0.15, -0.1) is 0 Å². The lowest BCUT2D eigenvalue weighted by atomic mass is 10.0. The molecule has 14 heteroatoms. The Balaban J connectivity index is 5.60. The topological polar surface area (TPSA) is 231 Å². The van der Waals surface area contributed by atoms with Gasteiger partial charge in [0.2, 0.25) is 23.6 Å². The van der Waals surface area contributed by atoms with Crippen LogP contribution in [-0.2, 0) is 28.8 Å². The van der Waals surface area contributed by atoms with E-state index in [1.165, 1.54) is 11.8 Å². The van der Waals surface area contributed by atoms with E-state index in [4.69, 9.17) is 16.6 Å². The van der Waals surface area contributed by atoms with Crippen molar-refractivity contribution in [1.82, 2.24) is 16.0 Å². The van der Waals surface area contributed by atoms with Crippen LogP contribution in [0.1, 0.15) is 46.0 Å². The maximum absolute atomic E-state index is 12.9. The molecule has 0 fully saturated rings. The number of carboxylic acid groups (broad SMARTS) is 2. The minimum absolute atomic E-state index is 0.117. The van der Waals surface area contributed by atoms with Gasteiger partial charge in [0.25, 0.3) is 0 Å². The van der Waals surface area contributed by atoms with Gasteiger partial charge in [0, 0.05) is 12.8 Å². The number of aliphatic carboxylic acids is 2. The van der Waals surface area contributed by atoms with Gasteiger partial charge >= 0.3 is 11.9 Å². The van der Waals surface area contributed by atoms with Gasteiger partial charge in [0.05, 0.1) is 6.04 Å². The zero-order valence-electron chi connectivity index (χ0n) is 19.5. The molecule has 0 aliphatic rings. The summed E-state index contributed by atoms with van der Waals surface area (Å²) in [7, 11) is 0. The number of nitrogens with two attached hydrogens (primary N) is 2. The molecule has 0 rings (SSSR count). The molecule has 13 nitrogen and oxygen atoms in total. The maximum Gasteiger partial charge on any atom is 0.326 e. The highest BCUT2D eigenvalue weighted by molar-refractivity contribution is 7.98. The molecule has 194 valence electrons. The molecule has 4 unspecified atom stereocenters. The number of thioether (sulfide) groups is 1. The highest BCUT2D eigenvalue weighted by atomic mass is 32.2. The third-order valence-corrected chi connectivity index (χ3v) is 5.48. The number of rotatable bonds is 17. The van der Waals surface area contributed by atoms with Gasteiger partial charge in [-0.25, -0.2) is 4.79 Å². The standard InChI is InChI=1S/C20H35N5O8S/c1-10(2)16(22)19(31)24-11(4-6-14(21)26)17(29)23-12(5-7-15(27)28)18(30)25-13(20(32)33)8-9-34-3/h10-13,16H,4-9,22H2,1-3H3,(H2,21,26)(H,23,29)(H,24,31)(H,25,30)(H,27,28)(H,32,33). The Morgan fingerprint density at radius 3 is 1.68 bits per heavy atom. The summed E-state index contributed by atoms with van der Waals surface area (Å²) in [5.41, 5.74) is 10.9. The fourth-order valence-electron chi connectivity index (χ4n) is 2.70. The molecule has 0 spiro atoms. The summed E-state index contributed by atoms with van der Waals surface area (Å²) in [5.74, 6) is -5.45. The van der Waals surface area contributed by atoms with Crippen molar-refractivity contribution in [3.05, 3.63) is 0 Å². The first kappa shape index (κ1) is 31.1. The predicted molar refractivity (Wildman–Crippen MR) is 125 cm³/mol. The van der Waals surface area contributed by atoms with Crippen molar-refractivity contribution in [2.75, 3.05) is 12.0 Å². The van der Waals surface area contributed by atoms with Crippen LogP contribution in [0.15, 0.2) is 0 Å². The molecular formula is C20H35N5O8S. The van der Waals surface area contributed by atoms with Gasteiger partial charge in [0.15, 0.2) is 0 Å². The monoisotopic (exact) mass is 505 g/mol. The second-order valence-corrected chi connectivity index (χ2v) is 9.00. The van der Waals surface area contributed by atoms with Crippen LogP contribution in [0.25, 0.3) is 0 Å². The molecule has 0 aromatic heterocycles. The Labute approximate surface area is 202 Å². The number of carbonyl (C=O) groups is 6. The van der Waals surface area contributed by atoms with Crippen LogP contribution in [0, 0.1) is 5.92 Å². The Kier molecular flexibility index (Phi) is 14.5. The van der Waals surface area contributed by atoms with E-state index in [9.17, 15) is 33.9 Å². The lowest BCUT2D eigenvalue weighted by Crippen LogP contribution is -2.57. The van der Waals surface area contributed by atoms with Crippen LogP contribution < -0.4 is 27.4 Å². The van der Waals surface area contributed by atoms with Crippen molar-refractivity contribution in [2.45, 2.75) is 70.1 Å². The average Bonchev–Trinajstić information content (AvgIpc) is 2.74. The summed E-state index contributed by atoms with van der Waals surface area (Å²) in [6.45, 7) is 3.40. The van der Waals surface area contributed by atoms with Crippen molar-refractivity contribution in [3.8, 4) is 0 Å². The van der Waals surface area contributed by atoms with Crippen molar-refractivity contribution >= 4 is 47.3 Å². The van der Waals surface area contributed by atoms with E-state index in [2.05, 4.69) is 16.0 Å². The number of primary amides is 1. The second kappa shape index (κ2) is 15.9. The Morgan fingerprint density at radius 2 is 1.26 bits per heavy atom. The molecule has 0 saturated carbocycles. The minimum atomic E-state index is -1.40. The zero-order chi connectivity index (χ0) is 26.4. The third-order valence-electron chi connectivity index (χ3n) is 4.84. The SMILES string of the molecule is CSCCC(NC(=O)C(CCC(=O)O)NC(=O)C(CCC(N)=O)NC(=O)C(N)C(C)C)C(=O)O. The van der Waals surface area contributed by atoms with E-state index in [-0.39, 0.29) is 31.6 Å². The van der Waals surface area contributed by atoms with Gasteiger partial charge < -0.3 is 37.6 Å². The van der Waals surface area contributed by atoms with Gasteiger partial charge in [-0.2, -0.15) is 11.8 Å². The second-order valence-electron chi connectivity index (χ2n) is 8.01. The van der Waals surface area contributed by atoms with Gasteiger partial charge in [0.1, 0.15) is 18.1 Å². The Hall–Kier alpha value is -2.87. The third kappa shape index (κ3) is 12.4. The Morgan fingerprint density at radius 1 is 0.794 bits per heavy atom. The molecule has 0 aromatic carbocycles. The highest BCUT2D eigenvalue weighted by Crippen LogP contribution is 2.07. The number of amides is 4. The first-order valence-electron chi connectivity index (χ1n) is 10.7. The zero-order valence-corrected chi connectivity index (χ0v) is 20.4. The summed E-state index contributed by atoms with van der Waals surface area (Å²) in [5, 5.41) is 25.4. The Bertz CT molecular complexity index is 748. The summed E-state index contributed by atoms with van der Waals surface area (Å²) < 4.78 is 0. The molecule has 4 amide bonds. The molecule has 0 aliphatic carbocycles. The van der Waals surface area contributed by atoms with Crippen molar-refractivity contribution in [3.63, 3.8) is 0 Å². The lowest BCUT2D eigenvalue weighted by Gasteiger charge is -2.25. The largest absolute Gasteiger partial charge is 0.481 e. The van der Waals surface area contributed by atoms with Crippen molar-refractivity contribution in [2.24, 2.45) is 17.4 Å². The fraction of sp³-hybridized carbons (Fsp3) is 0.700. The van der Waals surface area contributed by atoms with E-state index in [0.29, 0.717) is 5.75 Å². The van der Waals surface area contributed by atoms with Gasteiger partial charge in [-0.1, -0.05) is 13.8 Å². The quantitative estimate of drug-likeness (QED) is 0.119.